The van der Waals surface area contributed by atoms with Gasteiger partial charge in [-0.2, -0.15) is 0 Å². The molecule has 0 bridgehead atoms. The van der Waals surface area contributed by atoms with Gasteiger partial charge in [-0.05, 0) is 42.0 Å². The highest BCUT2D eigenvalue weighted by atomic mass is 16.7. The average Bonchev–Trinajstić information content (AvgIpc) is 2.79. The van der Waals surface area contributed by atoms with Gasteiger partial charge in [-0.15, -0.1) is 0 Å². The molecule has 0 aliphatic carbocycles. The van der Waals surface area contributed by atoms with E-state index in [-0.39, 0.29) is 25.5 Å². The summed E-state index contributed by atoms with van der Waals surface area (Å²) in [7, 11) is 3.17. The normalized spacial score (nSPS) is 20.9. The largest absolute Gasteiger partial charge is 0.364 e. The lowest BCUT2D eigenvalue weighted by Crippen LogP contribution is -2.76. The van der Waals surface area contributed by atoms with Crippen molar-refractivity contribution in [3.05, 3.63) is 65.0 Å². The van der Waals surface area contributed by atoms with Gasteiger partial charge in [0.15, 0.2) is 5.60 Å². The van der Waals surface area contributed by atoms with Gasteiger partial charge in [0, 0.05) is 32.5 Å². The monoisotopic (exact) mass is 438 g/mol. The summed E-state index contributed by atoms with van der Waals surface area (Å²) in [6.45, 7) is 6.63. The third kappa shape index (κ3) is 5.26. The molecule has 1 aromatic carbocycles. The second kappa shape index (κ2) is 10.9. The van der Waals surface area contributed by atoms with Crippen molar-refractivity contribution in [3.63, 3.8) is 0 Å². The van der Waals surface area contributed by atoms with Crippen LogP contribution >= 0.6 is 0 Å². The molecular formula is C26H34N2O4. The minimum atomic E-state index is -0.999. The molecule has 1 amide bonds. The van der Waals surface area contributed by atoms with Crippen molar-refractivity contribution in [2.75, 3.05) is 27.7 Å². The number of likely N-dealkylation sites (tertiary alicyclic amines) is 1. The number of pyridine rings is 1. The van der Waals surface area contributed by atoms with Crippen LogP contribution in [0, 0.1) is 12.8 Å². The van der Waals surface area contributed by atoms with Crippen molar-refractivity contribution in [2.45, 2.75) is 45.3 Å². The van der Waals surface area contributed by atoms with Crippen LogP contribution in [0.5, 0.6) is 0 Å². The lowest BCUT2D eigenvalue weighted by atomic mass is 9.74. The van der Waals surface area contributed by atoms with Gasteiger partial charge in [0.05, 0.1) is 6.04 Å². The van der Waals surface area contributed by atoms with Crippen molar-refractivity contribution in [1.82, 2.24) is 9.88 Å². The first-order valence-corrected chi connectivity index (χ1v) is 11.0. The second-order valence-electron chi connectivity index (χ2n) is 8.73. The highest BCUT2D eigenvalue weighted by Gasteiger charge is 2.61. The Balaban J connectivity index is 1.90. The number of aromatic nitrogens is 1. The summed E-state index contributed by atoms with van der Waals surface area (Å²) in [5.41, 5.74) is 3.10. The van der Waals surface area contributed by atoms with Gasteiger partial charge in [0.1, 0.15) is 13.5 Å². The quantitative estimate of drug-likeness (QED) is 0.386. The summed E-state index contributed by atoms with van der Waals surface area (Å²) in [5.74, 6) is 0.319. The molecule has 2 atom stereocenters. The highest BCUT2D eigenvalue weighted by Crippen LogP contribution is 2.41. The molecule has 1 aromatic heterocycles. The fourth-order valence-electron chi connectivity index (χ4n) is 4.21. The molecule has 0 N–H and O–H groups in total. The third-order valence-electron chi connectivity index (χ3n) is 5.83. The van der Waals surface area contributed by atoms with Crippen molar-refractivity contribution >= 4 is 18.1 Å². The van der Waals surface area contributed by atoms with Crippen LogP contribution in [0.3, 0.4) is 0 Å². The van der Waals surface area contributed by atoms with E-state index in [4.69, 9.17) is 14.2 Å². The number of amides is 1. The summed E-state index contributed by atoms with van der Waals surface area (Å²) in [6.07, 6.45) is 7.23. The van der Waals surface area contributed by atoms with E-state index in [0.29, 0.717) is 12.3 Å². The Morgan fingerprint density at radius 3 is 2.56 bits per heavy atom. The Morgan fingerprint density at radius 1 is 1.16 bits per heavy atom. The standard InChI is InChI=1S/C26H34N2O4/c1-19(2)13-24-26(32-18-31-5,25(29)28(24)17-30-4)15-23-14-22(20(3)16-27-23)12-11-21-9-7-6-8-10-21/h6-12,14,16,19,24H,13,15,17-18H2,1-5H3/b12-11+/t24-,26+/m0/s1. The number of methoxy groups -OCH3 is 2. The van der Waals surface area contributed by atoms with Gasteiger partial charge in [-0.1, -0.05) is 56.3 Å². The maximum Gasteiger partial charge on any atom is 0.259 e. The van der Waals surface area contributed by atoms with Gasteiger partial charge < -0.3 is 19.1 Å². The van der Waals surface area contributed by atoms with E-state index in [0.717, 1.165) is 28.8 Å². The lowest BCUT2D eigenvalue weighted by molar-refractivity contribution is -0.235. The number of ether oxygens (including phenoxy) is 3. The summed E-state index contributed by atoms with van der Waals surface area (Å²) in [5, 5.41) is 0. The zero-order valence-corrected chi connectivity index (χ0v) is 19.7. The number of hydrogen-bond donors (Lipinski definition) is 0. The average molecular weight is 439 g/mol. The molecule has 6 nitrogen and oxygen atoms in total. The molecule has 32 heavy (non-hydrogen) atoms. The summed E-state index contributed by atoms with van der Waals surface area (Å²) in [4.78, 5) is 19.6. The van der Waals surface area contributed by atoms with Crippen LogP contribution in [0.2, 0.25) is 0 Å². The van der Waals surface area contributed by atoms with E-state index in [9.17, 15) is 4.79 Å². The molecule has 0 unspecified atom stereocenters. The third-order valence-corrected chi connectivity index (χ3v) is 5.83. The topological polar surface area (TPSA) is 60.9 Å². The Morgan fingerprint density at radius 2 is 1.91 bits per heavy atom. The maximum atomic E-state index is 13.3. The van der Waals surface area contributed by atoms with Crippen LogP contribution in [0.25, 0.3) is 12.2 Å². The summed E-state index contributed by atoms with van der Waals surface area (Å²) >= 11 is 0. The van der Waals surface area contributed by atoms with Gasteiger partial charge in [-0.3, -0.25) is 9.78 Å². The van der Waals surface area contributed by atoms with Gasteiger partial charge in [0.25, 0.3) is 5.91 Å². The van der Waals surface area contributed by atoms with Crippen molar-refractivity contribution in [1.29, 1.82) is 0 Å². The maximum absolute atomic E-state index is 13.3. The first kappa shape index (κ1) is 24.1. The smallest absolute Gasteiger partial charge is 0.259 e. The number of benzene rings is 1. The second-order valence-corrected chi connectivity index (χ2v) is 8.73. The summed E-state index contributed by atoms with van der Waals surface area (Å²) < 4.78 is 16.6. The van der Waals surface area contributed by atoms with Crippen LogP contribution in [0.15, 0.2) is 42.6 Å². The van der Waals surface area contributed by atoms with E-state index >= 15 is 0 Å². The van der Waals surface area contributed by atoms with Crippen molar-refractivity contribution < 1.29 is 19.0 Å². The molecule has 1 aliphatic rings. The zero-order valence-electron chi connectivity index (χ0n) is 19.7. The molecule has 172 valence electrons. The predicted molar refractivity (Wildman–Crippen MR) is 126 cm³/mol. The van der Waals surface area contributed by atoms with Crippen LogP contribution in [0.1, 0.15) is 42.7 Å². The number of carbonyl (C=O) groups excluding carboxylic acids is 1. The molecule has 2 aromatic rings. The fourth-order valence-corrected chi connectivity index (χ4v) is 4.21. The summed E-state index contributed by atoms with van der Waals surface area (Å²) in [6, 6.07) is 12.1. The van der Waals surface area contributed by atoms with Crippen LogP contribution < -0.4 is 0 Å². The van der Waals surface area contributed by atoms with E-state index < -0.39 is 5.60 Å². The SMILES string of the molecule is COCO[C@@]1(Cc2cc(/C=C/c3ccccc3)c(C)cn2)C(=O)N(COC)[C@H]1CC(C)C. The molecule has 0 radical (unpaired) electrons. The van der Waals surface area contributed by atoms with E-state index in [1.54, 1.807) is 19.1 Å². The molecule has 2 heterocycles. The molecule has 0 saturated carbocycles. The zero-order chi connectivity index (χ0) is 23.1. The predicted octanol–water partition coefficient (Wildman–Crippen LogP) is 4.32. The molecule has 0 spiro atoms. The first-order valence-electron chi connectivity index (χ1n) is 11.0. The highest BCUT2D eigenvalue weighted by molar-refractivity contribution is 5.93. The van der Waals surface area contributed by atoms with Crippen molar-refractivity contribution in [3.8, 4) is 0 Å². The molecule has 1 fully saturated rings. The van der Waals surface area contributed by atoms with Crippen LogP contribution in [-0.4, -0.2) is 55.2 Å². The van der Waals surface area contributed by atoms with E-state index in [2.05, 4.69) is 43.1 Å². The van der Waals surface area contributed by atoms with Gasteiger partial charge >= 0.3 is 0 Å². The molecular weight excluding hydrogens is 404 g/mol. The van der Waals surface area contributed by atoms with Crippen molar-refractivity contribution in [2.24, 2.45) is 5.92 Å². The Kier molecular flexibility index (Phi) is 8.18. The number of aryl methyl sites for hydroxylation is 1. The number of hydrogen-bond acceptors (Lipinski definition) is 5. The first-order chi connectivity index (χ1) is 15.4. The molecule has 1 aliphatic heterocycles. The Bertz CT molecular complexity index is 929. The number of nitrogens with zero attached hydrogens (tertiary/aromatic N) is 2. The lowest BCUT2D eigenvalue weighted by Gasteiger charge is -2.55. The number of rotatable bonds is 11. The van der Waals surface area contributed by atoms with E-state index in [1.807, 2.05) is 37.4 Å². The van der Waals surface area contributed by atoms with E-state index in [1.165, 1.54) is 0 Å². The van der Waals surface area contributed by atoms with Gasteiger partial charge in [0.2, 0.25) is 0 Å². The molecule has 1 saturated heterocycles. The number of β-lactam (4-membered cyclic amide) rings is 1. The van der Waals surface area contributed by atoms with Crippen LogP contribution in [-0.2, 0) is 25.4 Å². The molecule has 6 heteroatoms. The minimum Gasteiger partial charge on any atom is -0.364 e. The Labute approximate surface area is 191 Å². The van der Waals surface area contributed by atoms with Crippen LogP contribution in [0.4, 0.5) is 0 Å². The van der Waals surface area contributed by atoms with Gasteiger partial charge in [-0.25, -0.2) is 0 Å². The Hall–Kier alpha value is -2.54. The number of carbonyl (C=O) groups is 1. The molecule has 3 rings (SSSR count). The minimum absolute atomic E-state index is 0.0494. The fraction of sp³-hybridized carbons (Fsp3) is 0.462.